The summed E-state index contributed by atoms with van der Waals surface area (Å²) in [6.45, 7) is 3.35. The summed E-state index contributed by atoms with van der Waals surface area (Å²) in [5, 5.41) is 3.16. The lowest BCUT2D eigenvalue weighted by atomic mass is 10.2. The van der Waals surface area contributed by atoms with E-state index in [0.717, 1.165) is 26.1 Å². The van der Waals surface area contributed by atoms with E-state index in [0.29, 0.717) is 0 Å². The fourth-order valence-electron chi connectivity index (χ4n) is 1.50. The molecule has 1 aromatic heterocycles. The molecule has 0 radical (unpaired) electrons. The van der Waals surface area contributed by atoms with Crippen LogP contribution in [0.5, 0.6) is 0 Å². The van der Waals surface area contributed by atoms with E-state index < -0.39 is 0 Å². The van der Waals surface area contributed by atoms with Crippen LogP contribution in [0.2, 0.25) is 0 Å². The van der Waals surface area contributed by atoms with Gasteiger partial charge in [-0.2, -0.15) is 0 Å². The van der Waals surface area contributed by atoms with Gasteiger partial charge in [-0.1, -0.05) is 6.07 Å². The molecule has 0 amide bonds. The molecular formula is C12H21N3. The zero-order valence-corrected chi connectivity index (χ0v) is 9.74. The number of aromatic nitrogens is 1. The van der Waals surface area contributed by atoms with Gasteiger partial charge in [0.2, 0.25) is 0 Å². The van der Waals surface area contributed by atoms with Crippen molar-refractivity contribution in [3.05, 3.63) is 30.1 Å². The average Bonchev–Trinajstić information content (AvgIpc) is 2.28. The molecule has 0 saturated carbocycles. The number of rotatable bonds is 7. The van der Waals surface area contributed by atoms with E-state index >= 15 is 0 Å². The van der Waals surface area contributed by atoms with Gasteiger partial charge in [0.15, 0.2) is 0 Å². The Hall–Kier alpha value is -0.930. The quantitative estimate of drug-likeness (QED) is 0.680. The SMILES string of the molecule is CNCCCN(C)CCc1cccnc1. The third-order valence-electron chi connectivity index (χ3n) is 2.47. The van der Waals surface area contributed by atoms with Crippen LogP contribution in [-0.2, 0) is 6.42 Å². The molecule has 0 bridgehead atoms. The van der Waals surface area contributed by atoms with Crippen LogP contribution in [0, 0.1) is 0 Å². The Balaban J connectivity index is 2.14. The van der Waals surface area contributed by atoms with E-state index in [1.54, 1.807) is 0 Å². The summed E-state index contributed by atoms with van der Waals surface area (Å²) in [5.41, 5.74) is 1.32. The molecule has 1 aromatic rings. The summed E-state index contributed by atoms with van der Waals surface area (Å²) >= 11 is 0. The minimum atomic E-state index is 1.09. The second-order valence-corrected chi connectivity index (χ2v) is 3.87. The van der Waals surface area contributed by atoms with Gasteiger partial charge in [0, 0.05) is 18.9 Å². The Morgan fingerprint density at radius 3 is 2.93 bits per heavy atom. The molecule has 0 spiro atoms. The topological polar surface area (TPSA) is 28.2 Å². The molecule has 15 heavy (non-hydrogen) atoms. The van der Waals surface area contributed by atoms with Gasteiger partial charge in [0.05, 0.1) is 0 Å². The van der Waals surface area contributed by atoms with Gasteiger partial charge in [-0.05, 0) is 51.7 Å². The third-order valence-corrected chi connectivity index (χ3v) is 2.47. The predicted molar refractivity (Wildman–Crippen MR) is 64.0 cm³/mol. The lowest BCUT2D eigenvalue weighted by Crippen LogP contribution is -2.24. The van der Waals surface area contributed by atoms with E-state index in [4.69, 9.17) is 0 Å². The first-order chi connectivity index (χ1) is 7.33. The van der Waals surface area contributed by atoms with Crippen molar-refractivity contribution in [2.45, 2.75) is 12.8 Å². The third kappa shape index (κ3) is 5.50. The van der Waals surface area contributed by atoms with Crippen molar-refractivity contribution in [1.82, 2.24) is 15.2 Å². The largest absolute Gasteiger partial charge is 0.320 e. The number of hydrogen-bond acceptors (Lipinski definition) is 3. The molecule has 84 valence electrons. The second kappa shape index (κ2) is 7.37. The zero-order valence-electron chi connectivity index (χ0n) is 9.74. The van der Waals surface area contributed by atoms with Crippen molar-refractivity contribution in [2.75, 3.05) is 33.7 Å². The number of pyridine rings is 1. The molecule has 1 rings (SSSR count). The molecule has 0 unspecified atom stereocenters. The van der Waals surface area contributed by atoms with E-state index in [2.05, 4.69) is 28.3 Å². The number of hydrogen-bond donors (Lipinski definition) is 1. The van der Waals surface area contributed by atoms with Crippen LogP contribution in [0.15, 0.2) is 24.5 Å². The van der Waals surface area contributed by atoms with E-state index in [1.165, 1.54) is 12.0 Å². The Morgan fingerprint density at radius 2 is 2.27 bits per heavy atom. The fourth-order valence-corrected chi connectivity index (χ4v) is 1.50. The van der Waals surface area contributed by atoms with Gasteiger partial charge < -0.3 is 10.2 Å². The first kappa shape index (κ1) is 12.1. The summed E-state index contributed by atoms with van der Waals surface area (Å²) in [6, 6.07) is 4.13. The molecule has 0 saturated heterocycles. The highest BCUT2D eigenvalue weighted by Crippen LogP contribution is 1.98. The highest BCUT2D eigenvalue weighted by Gasteiger charge is 1.98. The monoisotopic (exact) mass is 207 g/mol. The van der Waals surface area contributed by atoms with Gasteiger partial charge >= 0.3 is 0 Å². The zero-order chi connectivity index (χ0) is 10.9. The maximum absolute atomic E-state index is 4.11. The molecule has 0 fully saturated rings. The lowest BCUT2D eigenvalue weighted by Gasteiger charge is -2.16. The normalized spacial score (nSPS) is 10.9. The Kier molecular flexibility index (Phi) is 5.97. The van der Waals surface area contributed by atoms with Crippen molar-refractivity contribution in [1.29, 1.82) is 0 Å². The number of nitrogens with one attached hydrogen (secondary N) is 1. The van der Waals surface area contributed by atoms with E-state index in [1.807, 2.05) is 25.5 Å². The van der Waals surface area contributed by atoms with Crippen LogP contribution in [0.25, 0.3) is 0 Å². The van der Waals surface area contributed by atoms with Crippen molar-refractivity contribution in [2.24, 2.45) is 0 Å². The Bertz CT molecular complexity index is 248. The summed E-state index contributed by atoms with van der Waals surface area (Å²) in [7, 11) is 4.17. The van der Waals surface area contributed by atoms with Gasteiger partial charge in [-0.3, -0.25) is 4.98 Å². The van der Waals surface area contributed by atoms with E-state index in [9.17, 15) is 0 Å². The summed E-state index contributed by atoms with van der Waals surface area (Å²) < 4.78 is 0. The minimum absolute atomic E-state index is 1.09. The van der Waals surface area contributed by atoms with Crippen LogP contribution in [-0.4, -0.2) is 43.6 Å². The van der Waals surface area contributed by atoms with Crippen LogP contribution in [0.1, 0.15) is 12.0 Å². The van der Waals surface area contributed by atoms with Crippen LogP contribution < -0.4 is 5.32 Å². The molecule has 0 aliphatic carbocycles. The van der Waals surface area contributed by atoms with Crippen molar-refractivity contribution in [3.8, 4) is 0 Å². The second-order valence-electron chi connectivity index (χ2n) is 3.87. The van der Waals surface area contributed by atoms with Crippen molar-refractivity contribution >= 4 is 0 Å². The van der Waals surface area contributed by atoms with Crippen LogP contribution in [0.3, 0.4) is 0 Å². The summed E-state index contributed by atoms with van der Waals surface area (Å²) in [6.07, 6.45) is 6.06. The first-order valence-corrected chi connectivity index (χ1v) is 5.55. The Morgan fingerprint density at radius 1 is 1.40 bits per heavy atom. The Labute approximate surface area is 92.5 Å². The molecule has 0 aliphatic heterocycles. The predicted octanol–water partition coefficient (Wildman–Crippen LogP) is 1.17. The van der Waals surface area contributed by atoms with Gasteiger partial charge in [-0.25, -0.2) is 0 Å². The molecule has 0 aromatic carbocycles. The number of nitrogens with zero attached hydrogens (tertiary/aromatic N) is 2. The molecule has 0 aliphatic rings. The van der Waals surface area contributed by atoms with Crippen LogP contribution >= 0.6 is 0 Å². The van der Waals surface area contributed by atoms with E-state index in [-0.39, 0.29) is 0 Å². The maximum Gasteiger partial charge on any atom is 0.0300 e. The highest BCUT2D eigenvalue weighted by atomic mass is 15.1. The van der Waals surface area contributed by atoms with Crippen LogP contribution in [0.4, 0.5) is 0 Å². The van der Waals surface area contributed by atoms with Gasteiger partial charge in [0.25, 0.3) is 0 Å². The first-order valence-electron chi connectivity index (χ1n) is 5.55. The van der Waals surface area contributed by atoms with Gasteiger partial charge in [0.1, 0.15) is 0 Å². The summed E-state index contributed by atoms with van der Waals surface area (Å²) in [4.78, 5) is 6.47. The molecule has 3 nitrogen and oxygen atoms in total. The average molecular weight is 207 g/mol. The smallest absolute Gasteiger partial charge is 0.0300 e. The fraction of sp³-hybridized carbons (Fsp3) is 0.583. The molecule has 1 N–H and O–H groups in total. The summed E-state index contributed by atoms with van der Waals surface area (Å²) in [5.74, 6) is 0. The number of likely N-dealkylation sites (N-methyl/N-ethyl adjacent to an activating group) is 1. The minimum Gasteiger partial charge on any atom is -0.320 e. The maximum atomic E-state index is 4.11. The molecule has 3 heteroatoms. The van der Waals surface area contributed by atoms with Crippen molar-refractivity contribution < 1.29 is 0 Å². The molecular weight excluding hydrogens is 186 g/mol. The highest BCUT2D eigenvalue weighted by molar-refractivity contribution is 5.08. The molecule has 1 heterocycles. The molecule has 0 atom stereocenters. The van der Waals surface area contributed by atoms with Crippen molar-refractivity contribution in [3.63, 3.8) is 0 Å². The standard InChI is InChI=1S/C12H21N3/c1-13-7-4-9-15(2)10-6-12-5-3-8-14-11-12/h3,5,8,11,13H,4,6-7,9-10H2,1-2H3. The lowest BCUT2D eigenvalue weighted by molar-refractivity contribution is 0.332. The van der Waals surface area contributed by atoms with Gasteiger partial charge in [-0.15, -0.1) is 0 Å².